The third-order valence-corrected chi connectivity index (χ3v) is 3.31. The Hall–Kier alpha value is -1.33. The van der Waals surface area contributed by atoms with Gasteiger partial charge in [-0.05, 0) is 37.3 Å². The van der Waals surface area contributed by atoms with E-state index < -0.39 is 6.29 Å². The van der Waals surface area contributed by atoms with Crippen LogP contribution in [-0.4, -0.2) is 24.5 Å². The van der Waals surface area contributed by atoms with Crippen molar-refractivity contribution in [3.8, 4) is 0 Å². The molecule has 0 radical (unpaired) electrons. The van der Waals surface area contributed by atoms with E-state index in [1.807, 2.05) is 24.4 Å². The summed E-state index contributed by atoms with van der Waals surface area (Å²) in [5, 5.41) is 0. The second-order valence-corrected chi connectivity index (χ2v) is 4.98. The normalized spacial score (nSPS) is 18.9. The molecule has 0 N–H and O–H groups in total. The Morgan fingerprint density at radius 3 is 2.65 bits per heavy atom. The van der Waals surface area contributed by atoms with Gasteiger partial charge in [-0.1, -0.05) is 12.1 Å². The number of halogens is 2. The lowest BCUT2D eigenvalue weighted by atomic mass is 10.0. The molecule has 1 fully saturated rings. The fourth-order valence-corrected chi connectivity index (χ4v) is 2.06. The maximum atomic E-state index is 12.6. The van der Waals surface area contributed by atoms with Crippen molar-refractivity contribution in [2.45, 2.75) is 32.0 Å². The van der Waals surface area contributed by atoms with Gasteiger partial charge in [0.1, 0.15) is 0 Å². The van der Waals surface area contributed by atoms with E-state index in [0.29, 0.717) is 0 Å². The SMILES string of the molecule is C=CCCc1ccc(CCC2COC(F)(F)OC2)nc1. The van der Waals surface area contributed by atoms with E-state index in [4.69, 9.17) is 0 Å². The van der Waals surface area contributed by atoms with Crippen LogP contribution in [0.1, 0.15) is 24.1 Å². The number of hydrogen-bond acceptors (Lipinski definition) is 3. The van der Waals surface area contributed by atoms with Gasteiger partial charge in [-0.2, -0.15) is 0 Å². The van der Waals surface area contributed by atoms with E-state index in [9.17, 15) is 8.78 Å². The van der Waals surface area contributed by atoms with Crippen molar-refractivity contribution in [3.05, 3.63) is 42.2 Å². The molecule has 1 saturated heterocycles. The average molecular weight is 283 g/mol. The van der Waals surface area contributed by atoms with E-state index >= 15 is 0 Å². The standard InChI is InChI=1S/C15H19F2NO2/c1-2-3-4-12-5-7-14(18-9-12)8-6-13-10-19-15(16,17)20-11-13/h2,5,7,9,13H,1,3-4,6,8,10-11H2. The van der Waals surface area contributed by atoms with E-state index in [1.54, 1.807) is 0 Å². The molecular weight excluding hydrogens is 264 g/mol. The summed E-state index contributed by atoms with van der Waals surface area (Å²) in [6, 6.07) is 4.03. The van der Waals surface area contributed by atoms with Crippen molar-refractivity contribution in [1.29, 1.82) is 0 Å². The van der Waals surface area contributed by atoms with Crippen molar-refractivity contribution in [2.24, 2.45) is 5.92 Å². The number of allylic oxidation sites excluding steroid dienone is 1. The van der Waals surface area contributed by atoms with Crippen LogP contribution in [0.15, 0.2) is 31.0 Å². The molecule has 0 spiro atoms. The predicted octanol–water partition coefficient (Wildman–Crippen LogP) is 3.35. The largest absolute Gasteiger partial charge is 0.485 e. The maximum absolute atomic E-state index is 12.6. The van der Waals surface area contributed by atoms with Gasteiger partial charge in [-0.25, -0.2) is 0 Å². The summed E-state index contributed by atoms with van der Waals surface area (Å²) in [6.45, 7) is 3.75. The second-order valence-electron chi connectivity index (χ2n) is 4.98. The fourth-order valence-electron chi connectivity index (χ4n) is 2.06. The summed E-state index contributed by atoms with van der Waals surface area (Å²) in [5.74, 6) is -0.00290. The highest BCUT2D eigenvalue weighted by molar-refractivity contribution is 5.14. The van der Waals surface area contributed by atoms with Gasteiger partial charge in [0.2, 0.25) is 0 Å². The highest BCUT2D eigenvalue weighted by Crippen LogP contribution is 2.26. The van der Waals surface area contributed by atoms with Crippen molar-refractivity contribution in [1.82, 2.24) is 4.98 Å². The Morgan fingerprint density at radius 2 is 2.05 bits per heavy atom. The van der Waals surface area contributed by atoms with Gasteiger partial charge in [0.15, 0.2) is 0 Å². The average Bonchev–Trinajstić information content (AvgIpc) is 2.45. The van der Waals surface area contributed by atoms with E-state index in [1.165, 1.54) is 5.56 Å². The summed E-state index contributed by atoms with van der Waals surface area (Å²) >= 11 is 0. The third kappa shape index (κ3) is 4.65. The Kier molecular flexibility index (Phi) is 5.20. The molecule has 3 nitrogen and oxygen atoms in total. The summed E-state index contributed by atoms with van der Waals surface area (Å²) in [7, 11) is 0. The van der Waals surface area contributed by atoms with Crippen LogP contribution in [0.5, 0.6) is 0 Å². The lowest BCUT2D eigenvalue weighted by Gasteiger charge is -2.27. The minimum atomic E-state index is -3.42. The smallest absolute Gasteiger partial charge is 0.295 e. The molecule has 20 heavy (non-hydrogen) atoms. The highest BCUT2D eigenvalue weighted by atomic mass is 19.3. The van der Waals surface area contributed by atoms with Crippen LogP contribution in [-0.2, 0) is 22.3 Å². The van der Waals surface area contributed by atoms with Gasteiger partial charge in [0, 0.05) is 17.8 Å². The number of alkyl halides is 2. The minimum absolute atomic E-state index is 0.00290. The lowest BCUT2D eigenvalue weighted by molar-refractivity contribution is -0.420. The Labute approximate surface area is 117 Å². The zero-order valence-electron chi connectivity index (χ0n) is 11.4. The number of nitrogens with zero attached hydrogens (tertiary/aromatic N) is 1. The van der Waals surface area contributed by atoms with Crippen molar-refractivity contribution in [2.75, 3.05) is 13.2 Å². The van der Waals surface area contributed by atoms with E-state index in [2.05, 4.69) is 21.0 Å². The van der Waals surface area contributed by atoms with Crippen LogP contribution >= 0.6 is 0 Å². The van der Waals surface area contributed by atoms with Gasteiger partial charge in [0.25, 0.3) is 0 Å². The highest BCUT2D eigenvalue weighted by Gasteiger charge is 2.37. The molecule has 0 aliphatic carbocycles. The molecule has 1 aliphatic heterocycles. The number of hydrogen-bond donors (Lipinski definition) is 0. The van der Waals surface area contributed by atoms with Gasteiger partial charge in [-0.3, -0.25) is 14.5 Å². The van der Waals surface area contributed by atoms with Crippen LogP contribution in [0.25, 0.3) is 0 Å². The lowest BCUT2D eigenvalue weighted by Crippen LogP contribution is -2.37. The summed E-state index contributed by atoms with van der Waals surface area (Å²) in [6.07, 6.45) is 3.68. The molecule has 5 heteroatoms. The first-order valence-corrected chi connectivity index (χ1v) is 6.79. The van der Waals surface area contributed by atoms with Crippen LogP contribution in [0.4, 0.5) is 8.78 Å². The number of rotatable bonds is 6. The zero-order chi connectivity index (χ0) is 14.4. The maximum Gasteiger partial charge on any atom is 0.485 e. The molecule has 0 unspecified atom stereocenters. The van der Waals surface area contributed by atoms with Gasteiger partial charge >= 0.3 is 6.29 Å². The molecule has 0 atom stereocenters. The van der Waals surface area contributed by atoms with Crippen molar-refractivity contribution >= 4 is 0 Å². The molecule has 2 rings (SSSR count). The summed E-state index contributed by atoms with van der Waals surface area (Å²) < 4.78 is 33.9. The van der Waals surface area contributed by atoms with Crippen LogP contribution in [0, 0.1) is 5.92 Å². The first-order chi connectivity index (χ1) is 9.59. The predicted molar refractivity (Wildman–Crippen MR) is 71.4 cm³/mol. The Morgan fingerprint density at radius 1 is 1.30 bits per heavy atom. The summed E-state index contributed by atoms with van der Waals surface area (Å²) in [4.78, 5) is 4.38. The summed E-state index contributed by atoms with van der Waals surface area (Å²) in [5.41, 5.74) is 2.14. The molecule has 110 valence electrons. The molecule has 0 saturated carbocycles. The molecule has 1 aliphatic rings. The molecule has 0 amide bonds. The fraction of sp³-hybridized carbons (Fsp3) is 0.533. The number of aryl methyl sites for hydroxylation is 2. The van der Waals surface area contributed by atoms with E-state index in [0.717, 1.165) is 31.4 Å². The second kappa shape index (κ2) is 6.90. The molecule has 1 aromatic heterocycles. The van der Waals surface area contributed by atoms with Crippen LogP contribution in [0.2, 0.25) is 0 Å². The Balaban J connectivity index is 1.75. The molecule has 1 aromatic rings. The molecular formula is C15H19F2NO2. The van der Waals surface area contributed by atoms with Crippen LogP contribution < -0.4 is 0 Å². The van der Waals surface area contributed by atoms with Gasteiger partial charge < -0.3 is 0 Å². The van der Waals surface area contributed by atoms with Crippen molar-refractivity contribution in [3.63, 3.8) is 0 Å². The number of aromatic nitrogens is 1. The van der Waals surface area contributed by atoms with Gasteiger partial charge in [0.05, 0.1) is 13.2 Å². The monoisotopic (exact) mass is 283 g/mol. The van der Waals surface area contributed by atoms with Gasteiger partial charge in [-0.15, -0.1) is 15.4 Å². The van der Waals surface area contributed by atoms with E-state index in [-0.39, 0.29) is 19.1 Å². The number of pyridine rings is 1. The van der Waals surface area contributed by atoms with Crippen molar-refractivity contribution < 1.29 is 18.3 Å². The first kappa shape index (κ1) is 15.1. The number of ether oxygens (including phenoxy) is 2. The molecule has 0 bridgehead atoms. The third-order valence-electron chi connectivity index (χ3n) is 3.31. The Bertz CT molecular complexity index is 424. The molecule has 2 heterocycles. The topological polar surface area (TPSA) is 31.4 Å². The quantitative estimate of drug-likeness (QED) is 0.750. The minimum Gasteiger partial charge on any atom is -0.295 e. The zero-order valence-corrected chi connectivity index (χ0v) is 11.4. The molecule has 0 aromatic carbocycles. The first-order valence-electron chi connectivity index (χ1n) is 6.79. The van der Waals surface area contributed by atoms with Crippen LogP contribution in [0.3, 0.4) is 0 Å².